The predicted molar refractivity (Wildman–Crippen MR) is 96.8 cm³/mol. The summed E-state index contributed by atoms with van der Waals surface area (Å²) >= 11 is 5.60. The number of rotatable bonds is 5. The van der Waals surface area contributed by atoms with Crippen LogP contribution in [0.25, 0.3) is 0 Å². The van der Waals surface area contributed by atoms with Crippen LogP contribution in [-0.2, 0) is 19.6 Å². The third-order valence-corrected chi connectivity index (χ3v) is 6.56. The molecule has 1 N–H and O–H groups in total. The SMILES string of the molecule is O=C(CCl)Nc1cc(S(=O)(=O)N2CCOCC2)ccc1N1CCCC1. The van der Waals surface area contributed by atoms with E-state index in [1.807, 2.05) is 0 Å². The summed E-state index contributed by atoms with van der Waals surface area (Å²) in [5.41, 5.74) is 1.32. The van der Waals surface area contributed by atoms with Gasteiger partial charge in [0.05, 0.1) is 29.5 Å². The molecule has 0 unspecified atom stereocenters. The monoisotopic (exact) mass is 387 g/mol. The summed E-state index contributed by atoms with van der Waals surface area (Å²) in [5, 5.41) is 2.73. The zero-order valence-electron chi connectivity index (χ0n) is 13.9. The van der Waals surface area contributed by atoms with Gasteiger partial charge >= 0.3 is 0 Å². The lowest BCUT2D eigenvalue weighted by molar-refractivity contribution is -0.113. The van der Waals surface area contributed by atoms with Crippen LogP contribution >= 0.6 is 11.6 Å². The number of ether oxygens (including phenoxy) is 1. The summed E-state index contributed by atoms with van der Waals surface area (Å²) in [6, 6.07) is 4.90. The van der Waals surface area contributed by atoms with Crippen molar-refractivity contribution in [1.29, 1.82) is 0 Å². The van der Waals surface area contributed by atoms with Crippen molar-refractivity contribution in [2.45, 2.75) is 17.7 Å². The number of carbonyl (C=O) groups excluding carboxylic acids is 1. The molecule has 0 saturated carbocycles. The van der Waals surface area contributed by atoms with Crippen molar-refractivity contribution in [2.24, 2.45) is 0 Å². The number of benzene rings is 1. The standard InChI is InChI=1S/C16H22ClN3O4S/c17-12-16(21)18-14-11-13(3-4-15(14)19-5-1-2-6-19)25(22,23)20-7-9-24-10-8-20/h3-4,11H,1-2,5-10,12H2,(H,18,21). The molecule has 0 aliphatic carbocycles. The molecule has 7 nitrogen and oxygen atoms in total. The summed E-state index contributed by atoms with van der Waals surface area (Å²) in [6.45, 7) is 3.22. The number of hydrogen-bond acceptors (Lipinski definition) is 5. The van der Waals surface area contributed by atoms with Crippen LogP contribution in [0.5, 0.6) is 0 Å². The van der Waals surface area contributed by atoms with Gasteiger partial charge in [-0.05, 0) is 31.0 Å². The zero-order chi connectivity index (χ0) is 17.9. The fourth-order valence-electron chi connectivity index (χ4n) is 3.13. The maximum absolute atomic E-state index is 12.8. The number of alkyl halides is 1. The Morgan fingerprint density at radius 1 is 1.16 bits per heavy atom. The number of morpholine rings is 1. The molecule has 1 amide bonds. The van der Waals surface area contributed by atoms with Crippen molar-refractivity contribution in [3.05, 3.63) is 18.2 Å². The number of halogens is 1. The summed E-state index contributed by atoms with van der Waals surface area (Å²) in [7, 11) is -3.62. The minimum atomic E-state index is -3.62. The maximum Gasteiger partial charge on any atom is 0.243 e. The molecule has 3 rings (SSSR count). The third-order valence-electron chi connectivity index (χ3n) is 4.42. The fraction of sp³-hybridized carbons (Fsp3) is 0.562. The maximum atomic E-state index is 12.8. The van der Waals surface area contributed by atoms with E-state index in [2.05, 4.69) is 10.2 Å². The molecule has 0 atom stereocenters. The van der Waals surface area contributed by atoms with Crippen LogP contribution in [0, 0.1) is 0 Å². The molecule has 1 aromatic carbocycles. The van der Waals surface area contributed by atoms with Crippen LogP contribution in [0.2, 0.25) is 0 Å². The van der Waals surface area contributed by atoms with E-state index in [9.17, 15) is 13.2 Å². The second-order valence-electron chi connectivity index (χ2n) is 6.07. The Kier molecular flexibility index (Phi) is 5.83. The van der Waals surface area contributed by atoms with Gasteiger partial charge in [0, 0.05) is 26.2 Å². The first-order chi connectivity index (χ1) is 12.0. The highest BCUT2D eigenvalue weighted by Gasteiger charge is 2.28. The van der Waals surface area contributed by atoms with Gasteiger partial charge in [-0.25, -0.2) is 8.42 Å². The molecule has 25 heavy (non-hydrogen) atoms. The van der Waals surface area contributed by atoms with Crippen molar-refractivity contribution in [1.82, 2.24) is 4.31 Å². The van der Waals surface area contributed by atoms with E-state index < -0.39 is 10.0 Å². The minimum Gasteiger partial charge on any atom is -0.379 e. The first-order valence-electron chi connectivity index (χ1n) is 8.35. The Morgan fingerprint density at radius 2 is 1.84 bits per heavy atom. The Morgan fingerprint density at radius 3 is 2.48 bits per heavy atom. The summed E-state index contributed by atoms with van der Waals surface area (Å²) < 4.78 is 32.3. The van der Waals surface area contributed by atoms with Gasteiger partial charge < -0.3 is 15.0 Å². The quantitative estimate of drug-likeness (QED) is 0.774. The Hall–Kier alpha value is -1.35. The van der Waals surface area contributed by atoms with Crippen LogP contribution in [0.1, 0.15) is 12.8 Å². The van der Waals surface area contributed by atoms with Crippen LogP contribution in [0.15, 0.2) is 23.1 Å². The van der Waals surface area contributed by atoms with E-state index in [-0.39, 0.29) is 16.7 Å². The van der Waals surface area contributed by atoms with Gasteiger partial charge in [-0.1, -0.05) is 0 Å². The third kappa shape index (κ3) is 4.08. The topological polar surface area (TPSA) is 79.0 Å². The van der Waals surface area contributed by atoms with E-state index in [4.69, 9.17) is 16.3 Å². The van der Waals surface area contributed by atoms with Gasteiger partial charge in [-0.2, -0.15) is 4.31 Å². The lowest BCUT2D eigenvalue weighted by Crippen LogP contribution is -2.40. The second kappa shape index (κ2) is 7.90. The van der Waals surface area contributed by atoms with Crippen molar-refractivity contribution >= 4 is 38.9 Å². The molecule has 1 aromatic rings. The lowest BCUT2D eigenvalue weighted by atomic mass is 10.2. The molecule has 2 heterocycles. The van der Waals surface area contributed by atoms with E-state index in [0.717, 1.165) is 31.6 Å². The van der Waals surface area contributed by atoms with Crippen LogP contribution in [0.3, 0.4) is 0 Å². The van der Waals surface area contributed by atoms with Gasteiger partial charge in [0.2, 0.25) is 15.9 Å². The molecule has 0 bridgehead atoms. The minimum absolute atomic E-state index is 0.169. The van der Waals surface area contributed by atoms with Crippen LogP contribution < -0.4 is 10.2 Å². The molecule has 2 aliphatic rings. The fourth-order valence-corrected chi connectivity index (χ4v) is 4.63. The number of amides is 1. The van der Waals surface area contributed by atoms with Crippen molar-refractivity contribution in [3.8, 4) is 0 Å². The number of nitrogens with one attached hydrogen (secondary N) is 1. The molecule has 2 fully saturated rings. The second-order valence-corrected chi connectivity index (χ2v) is 8.28. The van der Waals surface area contributed by atoms with Gasteiger partial charge in [-0.15, -0.1) is 11.6 Å². The van der Waals surface area contributed by atoms with Crippen LogP contribution in [0.4, 0.5) is 11.4 Å². The van der Waals surface area contributed by atoms with E-state index in [1.165, 1.54) is 10.4 Å². The summed E-state index contributed by atoms with van der Waals surface area (Å²) in [5.74, 6) is -0.539. The molecular formula is C16H22ClN3O4S. The number of anilines is 2. The molecule has 138 valence electrons. The Labute approximate surface area is 152 Å². The molecular weight excluding hydrogens is 366 g/mol. The smallest absolute Gasteiger partial charge is 0.243 e. The van der Waals surface area contributed by atoms with E-state index in [0.29, 0.717) is 32.0 Å². The average Bonchev–Trinajstić information content (AvgIpc) is 3.16. The van der Waals surface area contributed by atoms with Crippen LogP contribution in [-0.4, -0.2) is 63.9 Å². The molecule has 0 aromatic heterocycles. The molecule has 0 radical (unpaired) electrons. The number of nitrogens with zero attached hydrogens (tertiary/aromatic N) is 2. The van der Waals surface area contributed by atoms with E-state index in [1.54, 1.807) is 12.1 Å². The highest BCUT2D eigenvalue weighted by Crippen LogP contribution is 2.32. The molecule has 2 saturated heterocycles. The summed E-state index contributed by atoms with van der Waals surface area (Å²) in [4.78, 5) is 14.1. The predicted octanol–water partition coefficient (Wildman–Crippen LogP) is 1.48. The Bertz CT molecular complexity index is 729. The van der Waals surface area contributed by atoms with Crippen molar-refractivity contribution in [2.75, 3.05) is 55.5 Å². The van der Waals surface area contributed by atoms with E-state index >= 15 is 0 Å². The highest BCUT2D eigenvalue weighted by atomic mass is 35.5. The highest BCUT2D eigenvalue weighted by molar-refractivity contribution is 7.89. The average molecular weight is 388 g/mol. The normalized spacial score (nSPS) is 19.2. The molecule has 9 heteroatoms. The van der Waals surface area contributed by atoms with Crippen molar-refractivity contribution < 1.29 is 17.9 Å². The number of carbonyl (C=O) groups is 1. The Balaban J connectivity index is 1.94. The molecule has 2 aliphatic heterocycles. The molecule has 0 spiro atoms. The lowest BCUT2D eigenvalue weighted by Gasteiger charge is -2.27. The van der Waals surface area contributed by atoms with Crippen molar-refractivity contribution in [3.63, 3.8) is 0 Å². The van der Waals surface area contributed by atoms with Gasteiger partial charge in [-0.3, -0.25) is 4.79 Å². The van der Waals surface area contributed by atoms with Gasteiger partial charge in [0.15, 0.2) is 0 Å². The number of sulfonamides is 1. The first kappa shape index (κ1) is 18.4. The van der Waals surface area contributed by atoms with Gasteiger partial charge in [0.25, 0.3) is 0 Å². The largest absolute Gasteiger partial charge is 0.379 e. The zero-order valence-corrected chi connectivity index (χ0v) is 15.5. The summed E-state index contributed by atoms with van der Waals surface area (Å²) in [6.07, 6.45) is 2.16. The van der Waals surface area contributed by atoms with Gasteiger partial charge in [0.1, 0.15) is 5.88 Å². The first-order valence-corrected chi connectivity index (χ1v) is 10.3. The number of hydrogen-bond donors (Lipinski definition) is 1.